The number of hydrogen-bond donors (Lipinski definition) is 2. The molecule has 0 aliphatic heterocycles. The van der Waals surface area contributed by atoms with Gasteiger partial charge in [-0.3, -0.25) is 4.79 Å². The highest BCUT2D eigenvalue weighted by molar-refractivity contribution is 5.95. The van der Waals surface area contributed by atoms with Gasteiger partial charge in [0.1, 0.15) is 5.82 Å². The predicted molar refractivity (Wildman–Crippen MR) is 76.4 cm³/mol. The second-order valence-electron chi connectivity index (χ2n) is 4.32. The summed E-state index contributed by atoms with van der Waals surface area (Å²) in [6.45, 7) is 3.33. The number of esters is 1. The molecule has 1 aromatic carbocycles. The lowest BCUT2D eigenvalue weighted by atomic mass is 10.0. The molecule has 0 spiro atoms. The fraction of sp³-hybridized carbons (Fsp3) is 0.385. The highest BCUT2D eigenvalue weighted by Crippen LogP contribution is 2.18. The first-order chi connectivity index (χ1) is 8.86. The molecule has 112 valence electrons. The van der Waals surface area contributed by atoms with Crippen LogP contribution in [0.2, 0.25) is 0 Å². The third-order valence-electron chi connectivity index (χ3n) is 2.85. The summed E-state index contributed by atoms with van der Waals surface area (Å²) in [6, 6.07) is 3.25. The summed E-state index contributed by atoms with van der Waals surface area (Å²) in [5.74, 6) is -2.11. The van der Waals surface area contributed by atoms with Crippen LogP contribution in [0.5, 0.6) is 0 Å². The zero-order valence-corrected chi connectivity index (χ0v) is 12.3. The minimum Gasteiger partial charge on any atom is -0.465 e. The van der Waals surface area contributed by atoms with Crippen molar-refractivity contribution in [2.45, 2.75) is 19.9 Å². The Kier molecular flexibility index (Phi) is 7.17. The van der Waals surface area contributed by atoms with Crippen LogP contribution in [0.15, 0.2) is 18.2 Å². The molecule has 0 aliphatic rings. The molecule has 1 rings (SSSR count). The summed E-state index contributed by atoms with van der Waals surface area (Å²) in [4.78, 5) is 23.1. The van der Waals surface area contributed by atoms with Crippen molar-refractivity contribution in [1.82, 2.24) is 0 Å². The minimum atomic E-state index is -0.627. The molecule has 2 unspecified atom stereocenters. The molecule has 0 aromatic heterocycles. The maximum Gasteiger partial charge on any atom is 0.337 e. The zero-order chi connectivity index (χ0) is 14.6. The molecule has 20 heavy (non-hydrogen) atoms. The Morgan fingerprint density at radius 3 is 2.45 bits per heavy atom. The molecule has 3 N–H and O–H groups in total. The van der Waals surface area contributed by atoms with Gasteiger partial charge in [0.05, 0.1) is 24.3 Å². The van der Waals surface area contributed by atoms with Gasteiger partial charge in [-0.2, -0.15) is 0 Å². The third-order valence-corrected chi connectivity index (χ3v) is 2.85. The number of methoxy groups -OCH3 is 1. The van der Waals surface area contributed by atoms with Crippen molar-refractivity contribution in [2.24, 2.45) is 11.7 Å². The maximum absolute atomic E-state index is 13.6. The lowest BCUT2D eigenvalue weighted by molar-refractivity contribution is -0.119. The first kappa shape index (κ1) is 18.3. The van der Waals surface area contributed by atoms with Gasteiger partial charge in [0.25, 0.3) is 0 Å². The van der Waals surface area contributed by atoms with Crippen molar-refractivity contribution in [2.75, 3.05) is 12.4 Å². The smallest absolute Gasteiger partial charge is 0.337 e. The van der Waals surface area contributed by atoms with E-state index in [1.807, 2.05) is 0 Å². The fourth-order valence-corrected chi connectivity index (χ4v) is 1.35. The van der Waals surface area contributed by atoms with Crippen LogP contribution in [0, 0.1) is 11.7 Å². The van der Waals surface area contributed by atoms with Gasteiger partial charge >= 0.3 is 5.97 Å². The van der Waals surface area contributed by atoms with Crippen molar-refractivity contribution < 1.29 is 18.7 Å². The molecular weight excluding hydrogens is 287 g/mol. The number of nitrogens with one attached hydrogen (secondary N) is 1. The summed E-state index contributed by atoms with van der Waals surface area (Å²) < 4.78 is 18.1. The molecule has 0 fully saturated rings. The van der Waals surface area contributed by atoms with Crippen LogP contribution < -0.4 is 11.1 Å². The lowest BCUT2D eigenvalue weighted by Crippen LogP contribution is -2.34. The second kappa shape index (κ2) is 7.81. The van der Waals surface area contributed by atoms with E-state index in [9.17, 15) is 14.0 Å². The number of nitrogens with two attached hydrogens (primary N) is 1. The van der Waals surface area contributed by atoms with Gasteiger partial charge in [-0.15, -0.1) is 12.4 Å². The number of halogens is 2. The highest BCUT2D eigenvalue weighted by atomic mass is 35.5. The van der Waals surface area contributed by atoms with Gasteiger partial charge in [0, 0.05) is 6.04 Å². The summed E-state index contributed by atoms with van der Waals surface area (Å²) in [7, 11) is 1.22. The molecule has 0 saturated heterocycles. The van der Waals surface area contributed by atoms with Crippen LogP contribution in [-0.2, 0) is 9.53 Å². The van der Waals surface area contributed by atoms with E-state index >= 15 is 0 Å². The van der Waals surface area contributed by atoms with E-state index in [-0.39, 0.29) is 29.7 Å². The van der Waals surface area contributed by atoms with Gasteiger partial charge in [0.2, 0.25) is 5.91 Å². The number of anilines is 1. The third kappa shape index (κ3) is 4.47. The van der Waals surface area contributed by atoms with Crippen molar-refractivity contribution in [3.8, 4) is 0 Å². The molecule has 0 aliphatic carbocycles. The lowest BCUT2D eigenvalue weighted by Gasteiger charge is -2.16. The molecule has 0 saturated carbocycles. The zero-order valence-electron chi connectivity index (χ0n) is 11.5. The largest absolute Gasteiger partial charge is 0.465 e. The van der Waals surface area contributed by atoms with E-state index in [1.54, 1.807) is 13.8 Å². The Hall–Kier alpha value is -1.66. The molecule has 5 nitrogen and oxygen atoms in total. The minimum absolute atomic E-state index is 0. The Labute approximate surface area is 123 Å². The van der Waals surface area contributed by atoms with E-state index in [0.29, 0.717) is 0 Å². The molecule has 0 radical (unpaired) electrons. The van der Waals surface area contributed by atoms with Crippen molar-refractivity contribution in [3.05, 3.63) is 29.6 Å². The Bertz CT molecular complexity index is 495. The maximum atomic E-state index is 13.6. The molecule has 0 bridgehead atoms. The predicted octanol–water partition coefficient (Wildman–Crippen LogP) is 1.96. The first-order valence-corrected chi connectivity index (χ1v) is 5.81. The quantitative estimate of drug-likeness (QED) is 0.833. The number of hydrogen-bond acceptors (Lipinski definition) is 4. The number of ether oxygens (including phenoxy) is 1. The van der Waals surface area contributed by atoms with Crippen molar-refractivity contribution in [1.29, 1.82) is 0 Å². The standard InChI is InChI=1S/C13H17FN2O3.ClH/c1-7(8(2)15)12(17)16-11-6-9(13(18)19-3)4-5-10(11)14;/h4-8H,15H2,1-3H3,(H,16,17);1H. The van der Waals surface area contributed by atoms with Gasteiger partial charge in [-0.05, 0) is 25.1 Å². The van der Waals surface area contributed by atoms with Gasteiger partial charge in [-0.1, -0.05) is 6.92 Å². The summed E-state index contributed by atoms with van der Waals surface area (Å²) in [5, 5.41) is 2.41. The summed E-state index contributed by atoms with van der Waals surface area (Å²) in [5.41, 5.74) is 5.69. The number of carbonyl (C=O) groups excluding carboxylic acids is 2. The van der Waals surface area contributed by atoms with E-state index < -0.39 is 23.6 Å². The molecule has 0 heterocycles. The number of amides is 1. The van der Waals surface area contributed by atoms with Crippen LogP contribution in [0.3, 0.4) is 0 Å². The van der Waals surface area contributed by atoms with E-state index in [0.717, 1.165) is 6.07 Å². The van der Waals surface area contributed by atoms with Crippen molar-refractivity contribution >= 4 is 30.0 Å². The number of rotatable bonds is 4. The van der Waals surface area contributed by atoms with Crippen LogP contribution in [0.25, 0.3) is 0 Å². The monoisotopic (exact) mass is 304 g/mol. The van der Waals surface area contributed by atoms with Crippen LogP contribution in [0.4, 0.5) is 10.1 Å². The molecular formula is C13H18ClFN2O3. The summed E-state index contributed by atoms with van der Waals surface area (Å²) >= 11 is 0. The van der Waals surface area contributed by atoms with Crippen LogP contribution in [0.1, 0.15) is 24.2 Å². The van der Waals surface area contributed by atoms with Crippen LogP contribution in [-0.4, -0.2) is 25.0 Å². The van der Waals surface area contributed by atoms with Gasteiger partial charge < -0.3 is 15.8 Å². The fourth-order valence-electron chi connectivity index (χ4n) is 1.35. The Morgan fingerprint density at radius 2 is 1.95 bits per heavy atom. The average Bonchev–Trinajstić information content (AvgIpc) is 2.39. The number of benzene rings is 1. The average molecular weight is 305 g/mol. The van der Waals surface area contributed by atoms with E-state index in [2.05, 4.69) is 10.1 Å². The molecule has 1 aromatic rings. The van der Waals surface area contributed by atoms with E-state index in [1.165, 1.54) is 19.2 Å². The molecule has 2 atom stereocenters. The van der Waals surface area contributed by atoms with Gasteiger partial charge in [0.15, 0.2) is 0 Å². The molecule has 7 heteroatoms. The van der Waals surface area contributed by atoms with Gasteiger partial charge in [-0.25, -0.2) is 9.18 Å². The normalized spacial score (nSPS) is 12.8. The number of carbonyl (C=O) groups is 2. The topological polar surface area (TPSA) is 81.4 Å². The summed E-state index contributed by atoms with van der Waals surface area (Å²) in [6.07, 6.45) is 0. The van der Waals surface area contributed by atoms with Crippen LogP contribution >= 0.6 is 12.4 Å². The van der Waals surface area contributed by atoms with Crippen molar-refractivity contribution in [3.63, 3.8) is 0 Å². The SMILES string of the molecule is COC(=O)c1ccc(F)c(NC(=O)C(C)C(C)N)c1.Cl. The van der Waals surface area contributed by atoms with E-state index in [4.69, 9.17) is 5.73 Å². The highest BCUT2D eigenvalue weighted by Gasteiger charge is 2.19. The Morgan fingerprint density at radius 1 is 1.35 bits per heavy atom. The Balaban J connectivity index is 0.00000361. The first-order valence-electron chi connectivity index (χ1n) is 5.81. The second-order valence-corrected chi connectivity index (χ2v) is 4.32. The molecule has 1 amide bonds.